The highest BCUT2D eigenvalue weighted by Gasteiger charge is 2.48. The number of aliphatic hydroxyl groups excluding tert-OH is 1. The first-order valence-electron chi connectivity index (χ1n) is 10.3. The van der Waals surface area contributed by atoms with E-state index in [1.165, 1.54) is 40.5 Å². The molecular weight excluding hydrogens is 427 g/mol. The zero-order chi connectivity index (χ0) is 23.2. The quantitative estimate of drug-likeness (QED) is 0.317. The number of anilines is 1. The molecule has 1 aliphatic heterocycles. The highest BCUT2D eigenvalue weighted by Crippen LogP contribution is 2.43. The first-order chi connectivity index (χ1) is 15.2. The monoisotopic (exact) mass is 450 g/mol. The van der Waals surface area contributed by atoms with Crippen molar-refractivity contribution in [1.29, 1.82) is 0 Å². The number of aromatic nitrogens is 1. The predicted molar refractivity (Wildman–Crippen MR) is 123 cm³/mol. The molecule has 32 heavy (non-hydrogen) atoms. The van der Waals surface area contributed by atoms with Crippen molar-refractivity contribution in [2.75, 3.05) is 4.90 Å². The molecule has 1 saturated heterocycles. The van der Waals surface area contributed by atoms with Crippen molar-refractivity contribution in [2.45, 2.75) is 39.7 Å². The molecule has 0 aliphatic carbocycles. The molecule has 0 unspecified atom stereocenters. The molecule has 0 saturated carbocycles. The van der Waals surface area contributed by atoms with E-state index < -0.39 is 23.5 Å². The summed E-state index contributed by atoms with van der Waals surface area (Å²) in [5.41, 5.74) is 2.80. The molecule has 4 rings (SSSR count). The van der Waals surface area contributed by atoms with E-state index in [4.69, 9.17) is 0 Å². The van der Waals surface area contributed by atoms with Crippen molar-refractivity contribution in [3.8, 4) is 0 Å². The van der Waals surface area contributed by atoms with Crippen LogP contribution in [0.4, 0.5) is 9.52 Å². The number of benzene rings is 2. The minimum Gasteiger partial charge on any atom is -0.507 e. The van der Waals surface area contributed by atoms with E-state index >= 15 is 0 Å². The fourth-order valence-electron chi connectivity index (χ4n) is 3.73. The Balaban J connectivity index is 1.92. The molecule has 2 heterocycles. The highest BCUT2D eigenvalue weighted by atomic mass is 32.1. The van der Waals surface area contributed by atoms with Gasteiger partial charge in [0.25, 0.3) is 5.78 Å². The minimum absolute atomic E-state index is 0.0376. The van der Waals surface area contributed by atoms with Crippen LogP contribution in [0.5, 0.6) is 0 Å². The Morgan fingerprint density at radius 3 is 2.22 bits per heavy atom. The maximum Gasteiger partial charge on any atom is 0.301 e. The summed E-state index contributed by atoms with van der Waals surface area (Å²) in [4.78, 5) is 33.0. The van der Waals surface area contributed by atoms with Gasteiger partial charge in [-0.05, 0) is 55.2 Å². The number of hydrogen-bond acceptors (Lipinski definition) is 5. The molecule has 0 bridgehead atoms. The van der Waals surface area contributed by atoms with Crippen molar-refractivity contribution >= 4 is 33.9 Å². The van der Waals surface area contributed by atoms with Gasteiger partial charge >= 0.3 is 5.91 Å². The summed E-state index contributed by atoms with van der Waals surface area (Å²) in [5.74, 6) is -2.03. The SMILES string of the molecule is Cc1nc(N2C(=O)C(=O)/C(=C(/O)c3ccc(F)cc3)[C@@H]2c2ccc(C(C)C)cc2)sc1C. The number of nitrogens with zero attached hydrogens (tertiary/aromatic N) is 2. The third kappa shape index (κ3) is 3.73. The van der Waals surface area contributed by atoms with Gasteiger partial charge in [-0.2, -0.15) is 0 Å². The zero-order valence-corrected chi connectivity index (χ0v) is 19.0. The van der Waals surface area contributed by atoms with Crippen LogP contribution in [0, 0.1) is 19.7 Å². The number of carbonyl (C=O) groups is 2. The maximum atomic E-state index is 13.4. The Morgan fingerprint density at radius 2 is 1.69 bits per heavy atom. The lowest BCUT2D eigenvalue weighted by molar-refractivity contribution is -0.132. The normalized spacial score (nSPS) is 18.1. The van der Waals surface area contributed by atoms with E-state index in [0.29, 0.717) is 16.6 Å². The van der Waals surface area contributed by atoms with Crippen LogP contribution >= 0.6 is 11.3 Å². The van der Waals surface area contributed by atoms with Gasteiger partial charge in [0, 0.05) is 10.4 Å². The average molecular weight is 451 g/mol. The summed E-state index contributed by atoms with van der Waals surface area (Å²) in [6, 6.07) is 12.0. The zero-order valence-electron chi connectivity index (χ0n) is 18.2. The highest BCUT2D eigenvalue weighted by molar-refractivity contribution is 7.16. The van der Waals surface area contributed by atoms with Gasteiger partial charge in [-0.25, -0.2) is 9.37 Å². The van der Waals surface area contributed by atoms with E-state index in [-0.39, 0.29) is 16.9 Å². The lowest BCUT2D eigenvalue weighted by Crippen LogP contribution is -2.29. The summed E-state index contributed by atoms with van der Waals surface area (Å²) >= 11 is 1.32. The summed E-state index contributed by atoms with van der Waals surface area (Å²) in [6.07, 6.45) is 0. The van der Waals surface area contributed by atoms with Crippen molar-refractivity contribution < 1.29 is 19.1 Å². The van der Waals surface area contributed by atoms with Gasteiger partial charge in [0.15, 0.2) is 5.13 Å². The van der Waals surface area contributed by atoms with Crippen LogP contribution in [-0.4, -0.2) is 21.8 Å². The second-order valence-electron chi connectivity index (χ2n) is 8.14. The molecule has 2 aromatic carbocycles. The van der Waals surface area contributed by atoms with Crippen LogP contribution in [0.2, 0.25) is 0 Å². The second kappa shape index (κ2) is 8.31. The van der Waals surface area contributed by atoms with Crippen molar-refractivity contribution in [2.24, 2.45) is 0 Å². The second-order valence-corrected chi connectivity index (χ2v) is 9.32. The summed E-state index contributed by atoms with van der Waals surface area (Å²) in [7, 11) is 0. The molecule has 7 heteroatoms. The van der Waals surface area contributed by atoms with Gasteiger partial charge in [0.1, 0.15) is 11.6 Å². The van der Waals surface area contributed by atoms with Crippen molar-refractivity contribution in [3.63, 3.8) is 0 Å². The fourth-order valence-corrected chi connectivity index (χ4v) is 4.67. The molecule has 1 fully saturated rings. The number of amides is 1. The first kappa shape index (κ1) is 21.9. The van der Waals surface area contributed by atoms with E-state index in [2.05, 4.69) is 18.8 Å². The Labute approximate surface area is 189 Å². The Hall–Kier alpha value is -3.32. The van der Waals surface area contributed by atoms with Gasteiger partial charge in [0.05, 0.1) is 17.3 Å². The van der Waals surface area contributed by atoms with Gasteiger partial charge in [0.2, 0.25) is 0 Å². The molecular formula is C25H23FN2O3S. The van der Waals surface area contributed by atoms with Gasteiger partial charge in [-0.3, -0.25) is 14.5 Å². The van der Waals surface area contributed by atoms with E-state index in [1.54, 1.807) is 0 Å². The summed E-state index contributed by atoms with van der Waals surface area (Å²) < 4.78 is 13.4. The first-order valence-corrected chi connectivity index (χ1v) is 11.1. The van der Waals surface area contributed by atoms with Crippen molar-refractivity contribution in [1.82, 2.24) is 4.98 Å². The van der Waals surface area contributed by atoms with Gasteiger partial charge in [-0.1, -0.05) is 38.1 Å². The molecule has 1 aromatic heterocycles. The molecule has 1 atom stereocenters. The number of Topliss-reactive ketones (excluding diaryl/α,β-unsaturated/α-hetero) is 1. The molecule has 1 aliphatic rings. The van der Waals surface area contributed by atoms with Crippen LogP contribution in [0.1, 0.15) is 53.1 Å². The third-order valence-electron chi connectivity index (χ3n) is 5.70. The maximum absolute atomic E-state index is 13.4. The molecule has 3 aromatic rings. The third-order valence-corrected chi connectivity index (χ3v) is 6.78. The van der Waals surface area contributed by atoms with Crippen LogP contribution in [-0.2, 0) is 9.59 Å². The molecule has 5 nitrogen and oxygen atoms in total. The standard InChI is InChI=1S/C25H23FN2O3S/c1-13(2)16-5-7-17(8-6-16)21-20(22(29)18-9-11-19(26)12-10-18)23(30)24(31)28(21)25-27-14(3)15(4)32-25/h5-13,21,29H,1-4H3/b22-20+/t21-/m0/s1. The molecule has 1 N–H and O–H groups in total. The predicted octanol–water partition coefficient (Wildman–Crippen LogP) is 5.65. The fraction of sp³-hybridized carbons (Fsp3) is 0.240. The minimum atomic E-state index is -0.841. The molecule has 0 radical (unpaired) electrons. The topological polar surface area (TPSA) is 70.5 Å². The number of carbonyl (C=O) groups excluding carboxylic acids is 2. The van der Waals surface area contributed by atoms with Crippen LogP contribution in [0.25, 0.3) is 5.76 Å². The smallest absolute Gasteiger partial charge is 0.301 e. The van der Waals surface area contributed by atoms with E-state index in [9.17, 15) is 19.1 Å². The molecule has 0 spiro atoms. The Kier molecular flexibility index (Phi) is 5.69. The number of aliphatic hydroxyl groups is 1. The van der Waals surface area contributed by atoms with Crippen molar-refractivity contribution in [3.05, 3.63) is 87.2 Å². The summed E-state index contributed by atoms with van der Waals surface area (Å²) in [6.45, 7) is 7.91. The molecule has 1 amide bonds. The van der Waals surface area contributed by atoms with E-state index in [1.807, 2.05) is 38.1 Å². The Morgan fingerprint density at radius 1 is 1.06 bits per heavy atom. The number of rotatable bonds is 4. The van der Waals surface area contributed by atoms with Crippen LogP contribution in [0.15, 0.2) is 54.1 Å². The lowest BCUT2D eigenvalue weighted by Gasteiger charge is -2.23. The number of halogens is 1. The average Bonchev–Trinajstić information content (AvgIpc) is 3.23. The number of hydrogen-bond donors (Lipinski definition) is 1. The number of aryl methyl sites for hydroxylation is 2. The van der Waals surface area contributed by atoms with Gasteiger partial charge in [-0.15, -0.1) is 11.3 Å². The number of thiazole rings is 1. The van der Waals surface area contributed by atoms with Crippen LogP contribution in [0.3, 0.4) is 0 Å². The molecule has 164 valence electrons. The largest absolute Gasteiger partial charge is 0.507 e. The Bertz CT molecular complexity index is 1210. The van der Waals surface area contributed by atoms with Gasteiger partial charge < -0.3 is 5.11 Å². The lowest BCUT2D eigenvalue weighted by atomic mass is 9.93. The van der Waals surface area contributed by atoms with Crippen LogP contribution < -0.4 is 4.90 Å². The van der Waals surface area contributed by atoms with E-state index in [0.717, 1.165) is 16.1 Å². The number of ketones is 1. The summed E-state index contributed by atoms with van der Waals surface area (Å²) in [5, 5.41) is 11.4.